The minimum Gasteiger partial charge on any atom is -0.460 e. The quantitative estimate of drug-likeness (QED) is 0.501. The van der Waals surface area contributed by atoms with Gasteiger partial charge in [0.1, 0.15) is 6.10 Å². The summed E-state index contributed by atoms with van der Waals surface area (Å²) in [6.07, 6.45) is 4.22. The zero-order valence-corrected chi connectivity index (χ0v) is 7.57. The Morgan fingerprint density at radius 1 is 1.36 bits per heavy atom. The molecule has 2 nitrogen and oxygen atoms in total. The lowest BCUT2D eigenvalue weighted by atomic mass is 10.3. The molecule has 0 spiro atoms. The van der Waals surface area contributed by atoms with Gasteiger partial charge < -0.3 is 4.74 Å². The van der Waals surface area contributed by atoms with Crippen molar-refractivity contribution < 1.29 is 9.53 Å². The topological polar surface area (TPSA) is 26.3 Å². The lowest BCUT2D eigenvalue weighted by Crippen LogP contribution is -2.19. The Labute approximate surface area is 75.8 Å². The molecule has 64 valence electrons. The molecule has 1 aliphatic rings. The predicted molar refractivity (Wildman–Crippen MR) is 43.8 cm³/mol. The summed E-state index contributed by atoms with van der Waals surface area (Å²) in [5.74, 6) is -0.514. The molecule has 0 amide bonds. The molecule has 0 unspecified atom stereocenters. The van der Waals surface area contributed by atoms with Crippen molar-refractivity contribution in [3.8, 4) is 0 Å². The van der Waals surface area contributed by atoms with Crippen molar-refractivity contribution >= 4 is 29.2 Å². The summed E-state index contributed by atoms with van der Waals surface area (Å²) in [5.41, 5.74) is 0. The SMILES string of the molecule is O=C(OC1CCCC1)C(Cl)Cl. The van der Waals surface area contributed by atoms with Crippen molar-refractivity contribution in [3.63, 3.8) is 0 Å². The second kappa shape index (κ2) is 4.17. The van der Waals surface area contributed by atoms with Crippen LogP contribution in [0.25, 0.3) is 0 Å². The second-order valence-corrected chi connectivity index (χ2v) is 3.74. The summed E-state index contributed by atoms with van der Waals surface area (Å²) >= 11 is 10.6. The van der Waals surface area contributed by atoms with E-state index >= 15 is 0 Å². The average Bonchev–Trinajstić information content (AvgIpc) is 2.39. The van der Waals surface area contributed by atoms with Gasteiger partial charge in [-0.2, -0.15) is 0 Å². The molecular weight excluding hydrogens is 187 g/mol. The fourth-order valence-corrected chi connectivity index (χ4v) is 1.32. The molecule has 0 aromatic rings. The highest BCUT2D eigenvalue weighted by Gasteiger charge is 2.22. The molecule has 1 aliphatic carbocycles. The minimum atomic E-state index is -1.03. The third-order valence-corrected chi connectivity index (χ3v) is 2.12. The van der Waals surface area contributed by atoms with Crippen LogP contribution >= 0.6 is 23.2 Å². The number of esters is 1. The lowest BCUT2D eigenvalue weighted by molar-refractivity contribution is -0.146. The molecular formula is C7H10Cl2O2. The molecule has 1 fully saturated rings. The number of alkyl halides is 2. The predicted octanol–water partition coefficient (Wildman–Crippen LogP) is 2.28. The van der Waals surface area contributed by atoms with Crippen molar-refractivity contribution in [1.29, 1.82) is 0 Å². The van der Waals surface area contributed by atoms with Gasteiger partial charge in [-0.25, -0.2) is 4.79 Å². The van der Waals surface area contributed by atoms with Crippen LogP contribution in [0.5, 0.6) is 0 Å². The van der Waals surface area contributed by atoms with Crippen LogP contribution in [0.15, 0.2) is 0 Å². The van der Waals surface area contributed by atoms with Gasteiger partial charge in [0.25, 0.3) is 0 Å². The summed E-state index contributed by atoms with van der Waals surface area (Å²) in [6.45, 7) is 0. The van der Waals surface area contributed by atoms with Crippen LogP contribution in [-0.4, -0.2) is 16.9 Å². The van der Waals surface area contributed by atoms with Crippen molar-refractivity contribution in [2.75, 3.05) is 0 Å². The van der Waals surface area contributed by atoms with E-state index in [4.69, 9.17) is 27.9 Å². The average molecular weight is 197 g/mol. The van der Waals surface area contributed by atoms with Crippen LogP contribution in [-0.2, 0) is 9.53 Å². The van der Waals surface area contributed by atoms with Gasteiger partial charge in [-0.3, -0.25) is 0 Å². The van der Waals surface area contributed by atoms with Gasteiger partial charge >= 0.3 is 5.97 Å². The largest absolute Gasteiger partial charge is 0.460 e. The Hall–Kier alpha value is 0.0500. The summed E-state index contributed by atoms with van der Waals surface area (Å²) in [4.78, 5) is 9.78. The van der Waals surface area contributed by atoms with E-state index in [2.05, 4.69) is 0 Å². The smallest absolute Gasteiger partial charge is 0.339 e. The van der Waals surface area contributed by atoms with Gasteiger partial charge in [0, 0.05) is 0 Å². The summed E-state index contributed by atoms with van der Waals surface area (Å²) in [6, 6.07) is 0. The molecule has 0 aliphatic heterocycles. The number of carbonyl (C=O) groups is 1. The Bertz CT molecular complexity index is 141. The highest BCUT2D eigenvalue weighted by molar-refractivity contribution is 6.52. The molecule has 0 bridgehead atoms. The Kier molecular flexibility index (Phi) is 3.46. The maximum atomic E-state index is 10.8. The third-order valence-electron chi connectivity index (χ3n) is 1.76. The van der Waals surface area contributed by atoms with Gasteiger partial charge in [0.2, 0.25) is 4.84 Å². The van der Waals surface area contributed by atoms with Crippen LogP contribution < -0.4 is 0 Å². The van der Waals surface area contributed by atoms with E-state index in [0.717, 1.165) is 25.7 Å². The molecule has 0 atom stereocenters. The molecule has 0 saturated heterocycles. The summed E-state index contributed by atoms with van der Waals surface area (Å²) in [7, 11) is 0. The number of ether oxygens (including phenoxy) is 1. The Balaban J connectivity index is 2.24. The number of hydrogen-bond acceptors (Lipinski definition) is 2. The molecule has 1 rings (SSSR count). The van der Waals surface area contributed by atoms with E-state index in [1.165, 1.54) is 0 Å². The maximum Gasteiger partial charge on any atom is 0.339 e. The monoisotopic (exact) mass is 196 g/mol. The zero-order valence-electron chi connectivity index (χ0n) is 6.06. The van der Waals surface area contributed by atoms with Crippen molar-refractivity contribution in [3.05, 3.63) is 0 Å². The van der Waals surface area contributed by atoms with Gasteiger partial charge in [0.05, 0.1) is 0 Å². The van der Waals surface area contributed by atoms with Crippen LogP contribution in [0.3, 0.4) is 0 Å². The molecule has 0 aromatic heterocycles. The fraction of sp³-hybridized carbons (Fsp3) is 0.857. The number of carbonyl (C=O) groups excluding carboxylic acids is 1. The van der Waals surface area contributed by atoms with Crippen molar-refractivity contribution in [2.24, 2.45) is 0 Å². The molecule has 0 heterocycles. The molecule has 11 heavy (non-hydrogen) atoms. The van der Waals surface area contributed by atoms with E-state index in [9.17, 15) is 4.79 Å². The van der Waals surface area contributed by atoms with E-state index in [0.29, 0.717) is 0 Å². The Morgan fingerprint density at radius 3 is 2.36 bits per heavy atom. The second-order valence-electron chi connectivity index (χ2n) is 2.64. The first kappa shape index (κ1) is 9.14. The van der Waals surface area contributed by atoms with Crippen LogP contribution in [0.1, 0.15) is 25.7 Å². The number of halogens is 2. The number of rotatable bonds is 2. The third kappa shape index (κ3) is 2.88. The number of hydrogen-bond donors (Lipinski definition) is 0. The fourth-order valence-electron chi connectivity index (χ4n) is 1.22. The van der Waals surface area contributed by atoms with Crippen molar-refractivity contribution in [1.82, 2.24) is 0 Å². The van der Waals surface area contributed by atoms with E-state index in [-0.39, 0.29) is 6.10 Å². The highest BCUT2D eigenvalue weighted by atomic mass is 35.5. The van der Waals surface area contributed by atoms with Gasteiger partial charge in [-0.05, 0) is 25.7 Å². The van der Waals surface area contributed by atoms with E-state index in [1.807, 2.05) is 0 Å². The Morgan fingerprint density at radius 2 is 1.91 bits per heavy atom. The lowest BCUT2D eigenvalue weighted by Gasteiger charge is -2.10. The first-order chi connectivity index (χ1) is 5.20. The van der Waals surface area contributed by atoms with Gasteiger partial charge in [-0.15, -0.1) is 0 Å². The standard InChI is InChI=1S/C7H10Cl2O2/c8-6(9)7(10)11-5-3-1-2-4-5/h5-6H,1-4H2. The first-order valence-electron chi connectivity index (χ1n) is 3.69. The minimum absolute atomic E-state index is 0.0579. The molecule has 4 heteroatoms. The van der Waals surface area contributed by atoms with E-state index in [1.54, 1.807) is 0 Å². The normalized spacial score (nSPS) is 19.2. The van der Waals surface area contributed by atoms with Crippen LogP contribution in [0.4, 0.5) is 0 Å². The van der Waals surface area contributed by atoms with Gasteiger partial charge in [0.15, 0.2) is 0 Å². The van der Waals surface area contributed by atoms with Crippen LogP contribution in [0, 0.1) is 0 Å². The molecule has 1 saturated carbocycles. The zero-order chi connectivity index (χ0) is 8.27. The molecule has 0 aromatic carbocycles. The van der Waals surface area contributed by atoms with Gasteiger partial charge in [-0.1, -0.05) is 23.2 Å². The van der Waals surface area contributed by atoms with Crippen molar-refractivity contribution in [2.45, 2.75) is 36.6 Å². The van der Waals surface area contributed by atoms with E-state index < -0.39 is 10.8 Å². The summed E-state index contributed by atoms with van der Waals surface area (Å²) in [5, 5.41) is 0. The molecule has 0 radical (unpaired) electrons. The summed E-state index contributed by atoms with van der Waals surface area (Å²) < 4.78 is 4.97. The first-order valence-corrected chi connectivity index (χ1v) is 4.56. The molecule has 0 N–H and O–H groups in total. The highest BCUT2D eigenvalue weighted by Crippen LogP contribution is 2.22. The maximum absolute atomic E-state index is 10.8. The van der Waals surface area contributed by atoms with Crippen LogP contribution in [0.2, 0.25) is 0 Å².